The molecule has 0 saturated carbocycles. The zero-order valence-corrected chi connectivity index (χ0v) is 11.6. The predicted molar refractivity (Wildman–Crippen MR) is 72.3 cm³/mol. The molecule has 3 nitrogen and oxygen atoms in total. The lowest BCUT2D eigenvalue weighted by atomic mass is 10.1. The van der Waals surface area contributed by atoms with Crippen molar-refractivity contribution in [3.05, 3.63) is 33.8 Å². The number of carbonyl (C=O) groups excluding carboxylic acids is 1. The smallest absolute Gasteiger partial charge is 0.253 e. The van der Waals surface area contributed by atoms with Crippen LogP contribution in [0.4, 0.5) is 0 Å². The van der Waals surface area contributed by atoms with Gasteiger partial charge in [-0.25, -0.2) is 0 Å². The van der Waals surface area contributed by atoms with Gasteiger partial charge in [0, 0.05) is 29.7 Å². The van der Waals surface area contributed by atoms with Crippen molar-refractivity contribution in [3.8, 4) is 0 Å². The number of benzene rings is 1. The van der Waals surface area contributed by atoms with Crippen LogP contribution in [0.1, 0.15) is 22.3 Å². The first-order valence-corrected chi connectivity index (χ1v) is 6.73. The Bertz CT molecular complexity index is 392. The molecule has 1 fully saturated rings. The van der Waals surface area contributed by atoms with Crippen LogP contribution in [0.2, 0.25) is 0 Å². The second-order valence-corrected chi connectivity index (χ2v) is 5.33. The first-order valence-electron chi connectivity index (χ1n) is 5.94. The molecule has 1 saturated heterocycles. The van der Waals surface area contributed by atoms with Crippen LogP contribution in [-0.2, 0) is 0 Å². The zero-order valence-electron chi connectivity index (χ0n) is 10.0. The molecule has 1 amide bonds. The van der Waals surface area contributed by atoms with Crippen molar-refractivity contribution in [2.45, 2.75) is 13.3 Å². The lowest BCUT2D eigenvalue weighted by molar-refractivity contribution is 0.0766. The van der Waals surface area contributed by atoms with Crippen LogP contribution in [0, 0.1) is 6.92 Å². The van der Waals surface area contributed by atoms with E-state index in [1.54, 1.807) is 0 Å². The fraction of sp³-hybridized carbons (Fsp3) is 0.462. The highest BCUT2D eigenvalue weighted by Crippen LogP contribution is 2.17. The van der Waals surface area contributed by atoms with Crippen molar-refractivity contribution in [2.75, 3.05) is 26.2 Å². The SMILES string of the molecule is Cc1cc(Br)cc(C(=O)N2CCCNCC2)c1. The van der Waals surface area contributed by atoms with Gasteiger partial charge in [-0.1, -0.05) is 15.9 Å². The number of rotatable bonds is 1. The summed E-state index contributed by atoms with van der Waals surface area (Å²) in [5.74, 6) is 0.137. The van der Waals surface area contributed by atoms with Gasteiger partial charge >= 0.3 is 0 Å². The van der Waals surface area contributed by atoms with Gasteiger partial charge in [0.15, 0.2) is 0 Å². The molecule has 1 N–H and O–H groups in total. The molecule has 0 bridgehead atoms. The van der Waals surface area contributed by atoms with E-state index in [9.17, 15) is 4.79 Å². The molecule has 2 rings (SSSR count). The highest BCUT2D eigenvalue weighted by molar-refractivity contribution is 9.10. The van der Waals surface area contributed by atoms with Gasteiger partial charge in [0.1, 0.15) is 0 Å². The van der Waals surface area contributed by atoms with E-state index in [-0.39, 0.29) is 5.91 Å². The fourth-order valence-electron chi connectivity index (χ4n) is 2.09. The monoisotopic (exact) mass is 296 g/mol. The molecular formula is C13H17BrN2O. The van der Waals surface area contributed by atoms with Crippen LogP contribution in [-0.4, -0.2) is 37.0 Å². The summed E-state index contributed by atoms with van der Waals surface area (Å²) in [6, 6.07) is 5.86. The summed E-state index contributed by atoms with van der Waals surface area (Å²) in [6.45, 7) is 5.54. The second-order valence-electron chi connectivity index (χ2n) is 4.41. The highest BCUT2D eigenvalue weighted by Gasteiger charge is 2.17. The Kier molecular flexibility index (Phi) is 4.18. The number of halogens is 1. The maximum Gasteiger partial charge on any atom is 0.253 e. The van der Waals surface area contributed by atoms with Gasteiger partial charge in [-0.3, -0.25) is 4.79 Å². The summed E-state index contributed by atoms with van der Waals surface area (Å²) in [4.78, 5) is 14.3. The summed E-state index contributed by atoms with van der Waals surface area (Å²) in [5.41, 5.74) is 1.88. The van der Waals surface area contributed by atoms with E-state index in [1.165, 1.54) is 0 Å². The van der Waals surface area contributed by atoms with Crippen LogP contribution < -0.4 is 5.32 Å². The Labute approximate surface area is 110 Å². The normalized spacial score (nSPS) is 16.7. The van der Waals surface area contributed by atoms with Crippen molar-refractivity contribution in [2.24, 2.45) is 0 Å². The number of hydrogen-bond donors (Lipinski definition) is 1. The maximum absolute atomic E-state index is 12.3. The molecule has 0 unspecified atom stereocenters. The summed E-state index contributed by atoms with van der Waals surface area (Å²) < 4.78 is 0.966. The van der Waals surface area contributed by atoms with E-state index in [1.807, 2.05) is 30.0 Å². The molecule has 0 radical (unpaired) electrons. The average molecular weight is 297 g/mol. The topological polar surface area (TPSA) is 32.3 Å². The molecule has 0 spiro atoms. The van der Waals surface area contributed by atoms with E-state index in [2.05, 4.69) is 21.2 Å². The van der Waals surface area contributed by atoms with E-state index in [0.29, 0.717) is 0 Å². The van der Waals surface area contributed by atoms with E-state index >= 15 is 0 Å². The lowest BCUT2D eigenvalue weighted by Gasteiger charge is -2.20. The Balaban J connectivity index is 2.17. The molecule has 1 aromatic rings. The highest BCUT2D eigenvalue weighted by atomic mass is 79.9. The molecule has 17 heavy (non-hydrogen) atoms. The third-order valence-corrected chi connectivity index (χ3v) is 3.37. The lowest BCUT2D eigenvalue weighted by Crippen LogP contribution is -2.34. The minimum atomic E-state index is 0.137. The van der Waals surface area contributed by atoms with Gasteiger partial charge in [-0.2, -0.15) is 0 Å². The van der Waals surface area contributed by atoms with Crippen LogP contribution in [0.3, 0.4) is 0 Å². The summed E-state index contributed by atoms with van der Waals surface area (Å²) in [7, 11) is 0. The molecular weight excluding hydrogens is 280 g/mol. The predicted octanol–water partition coefficient (Wildman–Crippen LogP) is 2.19. The van der Waals surface area contributed by atoms with Gasteiger partial charge in [-0.15, -0.1) is 0 Å². The van der Waals surface area contributed by atoms with Crippen molar-refractivity contribution < 1.29 is 4.79 Å². The molecule has 1 heterocycles. The van der Waals surface area contributed by atoms with Crippen molar-refractivity contribution in [1.82, 2.24) is 10.2 Å². The molecule has 0 aliphatic carbocycles. The fourth-order valence-corrected chi connectivity index (χ4v) is 2.70. The quantitative estimate of drug-likeness (QED) is 0.862. The van der Waals surface area contributed by atoms with E-state index in [4.69, 9.17) is 0 Å². The number of nitrogens with one attached hydrogen (secondary N) is 1. The average Bonchev–Trinajstić information content (AvgIpc) is 2.55. The zero-order chi connectivity index (χ0) is 12.3. The summed E-state index contributed by atoms with van der Waals surface area (Å²) in [6.07, 6.45) is 1.03. The molecule has 4 heteroatoms. The largest absolute Gasteiger partial charge is 0.337 e. The molecule has 1 aliphatic rings. The summed E-state index contributed by atoms with van der Waals surface area (Å²) in [5, 5.41) is 3.30. The first-order chi connectivity index (χ1) is 8.16. The Morgan fingerprint density at radius 3 is 2.88 bits per heavy atom. The Morgan fingerprint density at radius 2 is 2.12 bits per heavy atom. The van der Waals surface area contributed by atoms with E-state index < -0.39 is 0 Å². The van der Waals surface area contributed by atoms with Gasteiger partial charge < -0.3 is 10.2 Å². The Morgan fingerprint density at radius 1 is 1.29 bits per heavy atom. The van der Waals surface area contributed by atoms with Gasteiger partial charge in [0.25, 0.3) is 5.91 Å². The number of amides is 1. The number of carbonyl (C=O) groups is 1. The van der Waals surface area contributed by atoms with Crippen molar-refractivity contribution >= 4 is 21.8 Å². The van der Waals surface area contributed by atoms with Crippen molar-refractivity contribution in [1.29, 1.82) is 0 Å². The number of aryl methyl sites for hydroxylation is 1. The molecule has 1 aliphatic heterocycles. The van der Waals surface area contributed by atoms with E-state index in [0.717, 1.165) is 48.2 Å². The van der Waals surface area contributed by atoms with Gasteiger partial charge in [0.05, 0.1) is 0 Å². The minimum Gasteiger partial charge on any atom is -0.337 e. The molecule has 0 atom stereocenters. The number of nitrogens with zero attached hydrogens (tertiary/aromatic N) is 1. The van der Waals surface area contributed by atoms with Gasteiger partial charge in [0.2, 0.25) is 0 Å². The maximum atomic E-state index is 12.3. The second kappa shape index (κ2) is 5.65. The third kappa shape index (κ3) is 3.30. The summed E-state index contributed by atoms with van der Waals surface area (Å²) >= 11 is 3.44. The van der Waals surface area contributed by atoms with Crippen molar-refractivity contribution in [3.63, 3.8) is 0 Å². The molecule has 92 valence electrons. The molecule has 1 aromatic carbocycles. The van der Waals surface area contributed by atoms with Gasteiger partial charge in [-0.05, 0) is 43.7 Å². The van der Waals surface area contributed by atoms with Crippen LogP contribution in [0.5, 0.6) is 0 Å². The first kappa shape index (κ1) is 12.6. The minimum absolute atomic E-state index is 0.137. The Hall–Kier alpha value is -0.870. The number of hydrogen-bond acceptors (Lipinski definition) is 2. The van der Waals surface area contributed by atoms with Crippen LogP contribution >= 0.6 is 15.9 Å². The standard InChI is InChI=1S/C13H17BrN2O/c1-10-7-11(9-12(14)8-10)13(17)16-5-2-3-15-4-6-16/h7-9,15H,2-6H2,1H3. The third-order valence-electron chi connectivity index (χ3n) is 2.92. The van der Waals surface area contributed by atoms with Crippen LogP contribution in [0.25, 0.3) is 0 Å². The van der Waals surface area contributed by atoms with Crippen LogP contribution in [0.15, 0.2) is 22.7 Å². The molecule has 0 aromatic heterocycles.